The Morgan fingerprint density at radius 1 is 1.39 bits per heavy atom. The highest BCUT2D eigenvalue weighted by Crippen LogP contribution is 2.12. The van der Waals surface area contributed by atoms with E-state index in [0.29, 0.717) is 0 Å². The van der Waals surface area contributed by atoms with Gasteiger partial charge >= 0.3 is 0 Å². The molecular weight excluding hydrogens is 224 g/mol. The zero-order chi connectivity index (χ0) is 12.2. The van der Waals surface area contributed by atoms with Crippen molar-refractivity contribution in [2.45, 2.75) is 19.4 Å². The maximum atomic E-state index is 4.23. The van der Waals surface area contributed by atoms with E-state index < -0.39 is 0 Å². The molecule has 0 amide bonds. The molecule has 1 aromatic carbocycles. The highest BCUT2D eigenvalue weighted by molar-refractivity contribution is 5.74. The van der Waals surface area contributed by atoms with Gasteiger partial charge in [-0.3, -0.25) is 0 Å². The van der Waals surface area contributed by atoms with Crippen molar-refractivity contribution >= 4 is 11.0 Å². The first kappa shape index (κ1) is 11.7. The van der Waals surface area contributed by atoms with Crippen LogP contribution >= 0.6 is 0 Å². The average Bonchev–Trinajstić information content (AvgIpc) is 3.05. The summed E-state index contributed by atoms with van der Waals surface area (Å²) in [6.07, 6.45) is 4.36. The van der Waals surface area contributed by atoms with Crippen molar-refractivity contribution in [1.82, 2.24) is 20.6 Å². The molecule has 1 saturated heterocycles. The fourth-order valence-electron chi connectivity index (χ4n) is 2.59. The highest BCUT2D eigenvalue weighted by atomic mass is 14.9. The van der Waals surface area contributed by atoms with Crippen molar-refractivity contribution in [3.8, 4) is 0 Å². The highest BCUT2D eigenvalue weighted by Gasteiger charge is 2.13. The lowest BCUT2D eigenvalue weighted by atomic mass is 10.1. The molecule has 1 aliphatic heterocycles. The van der Waals surface area contributed by atoms with Gasteiger partial charge in [0.2, 0.25) is 0 Å². The van der Waals surface area contributed by atoms with Crippen LogP contribution < -0.4 is 10.6 Å². The molecule has 4 nitrogen and oxygen atoms in total. The monoisotopic (exact) mass is 244 g/mol. The van der Waals surface area contributed by atoms with Crippen molar-refractivity contribution in [2.75, 3.05) is 19.6 Å². The smallest absolute Gasteiger partial charge is 0.0931 e. The minimum absolute atomic E-state index is 0.868. The summed E-state index contributed by atoms with van der Waals surface area (Å²) in [7, 11) is 0. The van der Waals surface area contributed by atoms with Crippen molar-refractivity contribution in [3.05, 3.63) is 30.1 Å². The van der Waals surface area contributed by atoms with Gasteiger partial charge in [-0.25, -0.2) is 4.98 Å². The van der Waals surface area contributed by atoms with Crippen LogP contribution in [0.5, 0.6) is 0 Å². The van der Waals surface area contributed by atoms with E-state index in [4.69, 9.17) is 0 Å². The third-order valence-corrected chi connectivity index (χ3v) is 3.71. The minimum atomic E-state index is 0.868. The van der Waals surface area contributed by atoms with Gasteiger partial charge in [0, 0.05) is 6.54 Å². The van der Waals surface area contributed by atoms with Gasteiger partial charge in [0.1, 0.15) is 0 Å². The quantitative estimate of drug-likeness (QED) is 0.701. The second-order valence-electron chi connectivity index (χ2n) is 5.08. The average molecular weight is 244 g/mol. The van der Waals surface area contributed by atoms with E-state index >= 15 is 0 Å². The van der Waals surface area contributed by atoms with Gasteiger partial charge in [-0.15, -0.1) is 0 Å². The summed E-state index contributed by atoms with van der Waals surface area (Å²) in [5, 5.41) is 6.93. The summed E-state index contributed by atoms with van der Waals surface area (Å²) < 4.78 is 0. The van der Waals surface area contributed by atoms with Crippen molar-refractivity contribution < 1.29 is 0 Å². The zero-order valence-corrected chi connectivity index (χ0v) is 10.6. The van der Waals surface area contributed by atoms with Gasteiger partial charge in [0.15, 0.2) is 0 Å². The van der Waals surface area contributed by atoms with Crippen LogP contribution in [0.15, 0.2) is 24.5 Å². The molecule has 3 rings (SSSR count). The molecule has 0 saturated carbocycles. The predicted molar refractivity (Wildman–Crippen MR) is 73.4 cm³/mol. The van der Waals surface area contributed by atoms with Crippen LogP contribution in [0.1, 0.15) is 18.4 Å². The fourth-order valence-corrected chi connectivity index (χ4v) is 2.59. The molecule has 0 bridgehead atoms. The maximum Gasteiger partial charge on any atom is 0.0931 e. The summed E-state index contributed by atoms with van der Waals surface area (Å²) in [5.74, 6) is 0.868. The Morgan fingerprint density at radius 3 is 3.28 bits per heavy atom. The Morgan fingerprint density at radius 2 is 2.39 bits per heavy atom. The third kappa shape index (κ3) is 2.71. The summed E-state index contributed by atoms with van der Waals surface area (Å²) in [5.41, 5.74) is 3.47. The molecule has 18 heavy (non-hydrogen) atoms. The lowest BCUT2D eigenvalue weighted by molar-refractivity contribution is 0.500. The molecular formula is C14H20N4. The number of nitrogens with zero attached hydrogens (tertiary/aromatic N) is 1. The molecule has 1 unspecified atom stereocenters. The Balaban J connectivity index is 1.47. The molecule has 0 spiro atoms. The number of H-pyrrole nitrogens is 1. The normalized spacial score (nSPS) is 19.7. The van der Waals surface area contributed by atoms with Gasteiger partial charge in [0.05, 0.1) is 17.4 Å². The Hall–Kier alpha value is -1.39. The van der Waals surface area contributed by atoms with Crippen LogP contribution in [-0.2, 0) is 6.54 Å². The SMILES string of the molecule is c1nc2ccc(CNCCC3CCNC3)cc2[nH]1. The Kier molecular flexibility index (Phi) is 3.57. The number of rotatable bonds is 5. The summed E-state index contributed by atoms with van der Waals surface area (Å²) in [4.78, 5) is 7.37. The lowest BCUT2D eigenvalue weighted by Crippen LogP contribution is -2.19. The van der Waals surface area contributed by atoms with Gasteiger partial charge in [-0.2, -0.15) is 0 Å². The first-order chi connectivity index (χ1) is 8.92. The zero-order valence-electron chi connectivity index (χ0n) is 10.6. The van der Waals surface area contributed by atoms with E-state index in [1.807, 2.05) is 0 Å². The van der Waals surface area contributed by atoms with Crippen LogP contribution in [0, 0.1) is 5.92 Å². The van der Waals surface area contributed by atoms with Gasteiger partial charge in [0.25, 0.3) is 0 Å². The fraction of sp³-hybridized carbons (Fsp3) is 0.500. The molecule has 96 valence electrons. The van der Waals surface area contributed by atoms with E-state index in [-0.39, 0.29) is 0 Å². The number of imidazole rings is 1. The van der Waals surface area contributed by atoms with Crippen LogP contribution in [0.25, 0.3) is 11.0 Å². The number of hydrogen-bond acceptors (Lipinski definition) is 3. The molecule has 2 heterocycles. The number of benzene rings is 1. The molecule has 3 N–H and O–H groups in total. The van der Waals surface area contributed by atoms with Crippen LogP contribution in [0.2, 0.25) is 0 Å². The summed E-state index contributed by atoms with van der Waals surface area (Å²) in [6.45, 7) is 4.44. The number of fused-ring (bicyclic) bond motifs is 1. The number of nitrogens with one attached hydrogen (secondary N) is 3. The minimum Gasteiger partial charge on any atom is -0.345 e. The molecule has 1 atom stereocenters. The first-order valence-electron chi connectivity index (χ1n) is 6.75. The van der Waals surface area contributed by atoms with Gasteiger partial charge < -0.3 is 15.6 Å². The topological polar surface area (TPSA) is 52.7 Å². The molecule has 1 aliphatic rings. The second-order valence-corrected chi connectivity index (χ2v) is 5.08. The maximum absolute atomic E-state index is 4.23. The molecule has 4 heteroatoms. The van der Waals surface area contributed by atoms with Crippen molar-refractivity contribution in [1.29, 1.82) is 0 Å². The summed E-state index contributed by atoms with van der Waals surface area (Å²) in [6, 6.07) is 6.39. The Labute approximate surface area is 107 Å². The van der Waals surface area contributed by atoms with E-state index in [9.17, 15) is 0 Å². The van der Waals surface area contributed by atoms with Gasteiger partial charge in [-0.1, -0.05) is 6.07 Å². The van der Waals surface area contributed by atoms with Crippen LogP contribution in [0.3, 0.4) is 0 Å². The largest absolute Gasteiger partial charge is 0.345 e. The number of hydrogen-bond donors (Lipinski definition) is 3. The molecule has 0 aliphatic carbocycles. The van der Waals surface area contributed by atoms with E-state index in [1.54, 1.807) is 6.33 Å². The second kappa shape index (κ2) is 5.50. The van der Waals surface area contributed by atoms with Crippen LogP contribution in [0.4, 0.5) is 0 Å². The van der Waals surface area contributed by atoms with Crippen molar-refractivity contribution in [2.24, 2.45) is 5.92 Å². The third-order valence-electron chi connectivity index (χ3n) is 3.71. The molecule has 0 radical (unpaired) electrons. The van der Waals surface area contributed by atoms with E-state index in [0.717, 1.165) is 30.0 Å². The van der Waals surface area contributed by atoms with Crippen molar-refractivity contribution in [3.63, 3.8) is 0 Å². The first-order valence-corrected chi connectivity index (χ1v) is 6.75. The number of aromatic amines is 1. The molecule has 1 fully saturated rings. The van der Waals surface area contributed by atoms with E-state index in [1.165, 1.54) is 31.5 Å². The lowest BCUT2D eigenvalue weighted by Gasteiger charge is -2.09. The van der Waals surface area contributed by atoms with Crippen LogP contribution in [-0.4, -0.2) is 29.6 Å². The number of aromatic nitrogens is 2. The predicted octanol–water partition coefficient (Wildman–Crippen LogP) is 1.65. The molecule has 2 aromatic rings. The van der Waals surface area contributed by atoms with E-state index in [2.05, 4.69) is 38.8 Å². The molecule has 1 aromatic heterocycles. The Bertz CT molecular complexity index is 499. The summed E-state index contributed by atoms with van der Waals surface area (Å²) >= 11 is 0. The van der Waals surface area contributed by atoms with Gasteiger partial charge in [-0.05, 0) is 56.1 Å². The standard InChI is InChI=1S/C14H20N4/c1-2-13-14(18-10-17-13)7-12(1)9-16-6-4-11-3-5-15-8-11/h1-2,7,10-11,15-16H,3-6,8-9H2,(H,17,18).